The van der Waals surface area contributed by atoms with E-state index in [2.05, 4.69) is 6.58 Å². The van der Waals surface area contributed by atoms with Crippen LogP contribution in [0, 0.1) is 5.41 Å². The number of esters is 1. The Morgan fingerprint density at radius 3 is 2.50 bits per heavy atom. The number of rotatable bonds is 5. The van der Waals surface area contributed by atoms with Gasteiger partial charge in [0, 0.05) is 0 Å². The number of carbonyl (C=O) groups excluding carboxylic acids is 1. The minimum absolute atomic E-state index is 0.220. The maximum atomic E-state index is 12.1. The second kappa shape index (κ2) is 6.20. The molecule has 0 amide bonds. The summed E-state index contributed by atoms with van der Waals surface area (Å²) in [6, 6.07) is 9.94. The van der Waals surface area contributed by atoms with E-state index in [1.165, 1.54) is 7.11 Å². The smallest absolute Gasteiger partial charge is 0.315 e. The molecule has 18 heavy (non-hydrogen) atoms. The zero-order chi connectivity index (χ0) is 13.6. The molecular weight excluding hydrogens is 224 g/mol. The molecule has 1 aromatic rings. The molecule has 0 N–H and O–H groups in total. The highest BCUT2D eigenvalue weighted by Crippen LogP contribution is 2.32. The maximum Gasteiger partial charge on any atom is 0.315 e. The summed E-state index contributed by atoms with van der Waals surface area (Å²) >= 11 is 0. The van der Waals surface area contributed by atoms with Gasteiger partial charge in [0.1, 0.15) is 0 Å². The Morgan fingerprint density at radius 2 is 2.00 bits per heavy atom. The molecule has 1 aromatic carbocycles. The van der Waals surface area contributed by atoms with Gasteiger partial charge in [0.25, 0.3) is 0 Å². The molecular formula is C16H20O2. The molecule has 1 rings (SSSR count). The maximum absolute atomic E-state index is 12.1. The molecule has 0 bridgehead atoms. The van der Waals surface area contributed by atoms with E-state index < -0.39 is 5.41 Å². The molecule has 2 heteroatoms. The Balaban J connectivity index is 3.10. The molecule has 0 aliphatic rings. The van der Waals surface area contributed by atoms with E-state index in [0.717, 1.165) is 11.1 Å². The number of benzene rings is 1. The van der Waals surface area contributed by atoms with Crippen LogP contribution < -0.4 is 0 Å². The largest absolute Gasteiger partial charge is 0.468 e. The van der Waals surface area contributed by atoms with Gasteiger partial charge in [-0.15, -0.1) is 0 Å². The quantitative estimate of drug-likeness (QED) is 0.585. The van der Waals surface area contributed by atoms with E-state index in [0.29, 0.717) is 6.42 Å². The lowest BCUT2D eigenvalue weighted by atomic mass is 9.77. The Morgan fingerprint density at radius 1 is 1.39 bits per heavy atom. The van der Waals surface area contributed by atoms with Gasteiger partial charge in [-0.3, -0.25) is 4.79 Å². The van der Waals surface area contributed by atoms with Crippen molar-refractivity contribution in [1.29, 1.82) is 0 Å². The molecule has 0 spiro atoms. The van der Waals surface area contributed by atoms with E-state index in [9.17, 15) is 4.79 Å². The number of allylic oxidation sites excluding steroid dienone is 2. The molecule has 0 fully saturated rings. The van der Waals surface area contributed by atoms with Gasteiger partial charge in [-0.1, -0.05) is 54.6 Å². The van der Waals surface area contributed by atoms with Crippen LogP contribution >= 0.6 is 0 Å². The Bertz CT molecular complexity index is 445. The highest BCUT2D eigenvalue weighted by molar-refractivity contribution is 5.80. The summed E-state index contributed by atoms with van der Waals surface area (Å²) in [5.74, 6) is -0.220. The van der Waals surface area contributed by atoms with E-state index in [4.69, 9.17) is 4.74 Å². The minimum Gasteiger partial charge on any atom is -0.468 e. The average Bonchev–Trinajstić information content (AvgIpc) is 2.39. The van der Waals surface area contributed by atoms with Crippen molar-refractivity contribution in [3.63, 3.8) is 0 Å². The molecule has 0 aliphatic heterocycles. The number of ether oxygens (including phenoxy) is 1. The van der Waals surface area contributed by atoms with Crippen molar-refractivity contribution in [2.24, 2.45) is 5.41 Å². The van der Waals surface area contributed by atoms with Crippen molar-refractivity contribution in [1.82, 2.24) is 0 Å². The van der Waals surface area contributed by atoms with Crippen molar-refractivity contribution >= 4 is 5.97 Å². The summed E-state index contributed by atoms with van der Waals surface area (Å²) in [5, 5.41) is 0. The first-order chi connectivity index (χ1) is 8.54. The summed E-state index contributed by atoms with van der Waals surface area (Å²) in [4.78, 5) is 12.1. The lowest BCUT2D eigenvalue weighted by molar-refractivity contribution is -0.149. The third-order valence-corrected chi connectivity index (χ3v) is 3.27. The predicted octanol–water partition coefficient (Wildman–Crippen LogP) is 3.54. The molecule has 0 saturated carbocycles. The summed E-state index contributed by atoms with van der Waals surface area (Å²) in [6.45, 7) is 7.51. The van der Waals surface area contributed by atoms with E-state index in [-0.39, 0.29) is 5.97 Å². The first-order valence-corrected chi connectivity index (χ1v) is 5.96. The van der Waals surface area contributed by atoms with E-state index in [1.54, 1.807) is 6.08 Å². The van der Waals surface area contributed by atoms with Gasteiger partial charge in [-0.2, -0.15) is 0 Å². The normalized spacial score (nSPS) is 14.7. The fraction of sp³-hybridized carbons (Fsp3) is 0.312. The van der Waals surface area contributed by atoms with Crippen LogP contribution in [0.5, 0.6) is 0 Å². The van der Waals surface area contributed by atoms with Gasteiger partial charge in [-0.25, -0.2) is 0 Å². The van der Waals surface area contributed by atoms with Gasteiger partial charge in [0.2, 0.25) is 0 Å². The molecule has 0 aromatic heterocycles. The summed E-state index contributed by atoms with van der Waals surface area (Å²) in [6.07, 6.45) is 4.18. The highest BCUT2D eigenvalue weighted by atomic mass is 16.5. The molecule has 96 valence electrons. The van der Waals surface area contributed by atoms with Crippen molar-refractivity contribution < 1.29 is 9.53 Å². The summed E-state index contributed by atoms with van der Waals surface area (Å²) < 4.78 is 4.94. The molecule has 0 aliphatic carbocycles. The second-order valence-electron chi connectivity index (χ2n) is 4.57. The molecule has 1 atom stereocenters. The molecule has 0 radical (unpaired) electrons. The predicted molar refractivity (Wildman–Crippen MR) is 74.2 cm³/mol. The van der Waals surface area contributed by atoms with Gasteiger partial charge >= 0.3 is 5.97 Å². The van der Waals surface area contributed by atoms with Gasteiger partial charge < -0.3 is 4.74 Å². The molecule has 1 unspecified atom stereocenters. The van der Waals surface area contributed by atoms with Crippen LogP contribution in [0.1, 0.15) is 19.4 Å². The Labute approximate surface area is 109 Å². The standard InChI is InChI=1S/C16H20O2/c1-5-9-13(2)16(3,15(17)18-4)12-14-10-7-6-8-11-14/h5-11H,1,12H2,2-4H3. The van der Waals surface area contributed by atoms with Gasteiger partial charge in [-0.05, 0) is 25.8 Å². The first kappa shape index (κ1) is 14.2. The van der Waals surface area contributed by atoms with Crippen molar-refractivity contribution in [2.75, 3.05) is 7.11 Å². The third kappa shape index (κ3) is 3.10. The van der Waals surface area contributed by atoms with Crippen molar-refractivity contribution in [3.05, 3.63) is 60.2 Å². The third-order valence-electron chi connectivity index (χ3n) is 3.27. The fourth-order valence-corrected chi connectivity index (χ4v) is 1.96. The number of hydrogen-bond donors (Lipinski definition) is 0. The van der Waals surface area contributed by atoms with Crippen molar-refractivity contribution in [2.45, 2.75) is 20.3 Å². The number of methoxy groups -OCH3 is 1. The summed E-state index contributed by atoms with van der Waals surface area (Å²) in [7, 11) is 1.42. The zero-order valence-electron chi connectivity index (χ0n) is 11.3. The Hall–Kier alpha value is -1.83. The van der Waals surface area contributed by atoms with E-state index >= 15 is 0 Å². The average molecular weight is 244 g/mol. The second-order valence-corrected chi connectivity index (χ2v) is 4.57. The van der Waals surface area contributed by atoms with Crippen LogP contribution in [0.2, 0.25) is 0 Å². The SMILES string of the molecule is C=CC=C(C)C(C)(Cc1ccccc1)C(=O)OC. The lowest BCUT2D eigenvalue weighted by Crippen LogP contribution is -2.32. The topological polar surface area (TPSA) is 26.3 Å². The zero-order valence-corrected chi connectivity index (χ0v) is 11.3. The molecule has 2 nitrogen and oxygen atoms in total. The molecule has 0 heterocycles. The van der Waals surface area contributed by atoms with Crippen LogP contribution in [-0.2, 0) is 16.0 Å². The van der Waals surface area contributed by atoms with E-state index in [1.807, 2.05) is 50.3 Å². The van der Waals surface area contributed by atoms with Gasteiger partial charge in [0.15, 0.2) is 0 Å². The number of carbonyl (C=O) groups is 1. The molecule has 0 saturated heterocycles. The monoisotopic (exact) mass is 244 g/mol. The van der Waals surface area contributed by atoms with Crippen molar-refractivity contribution in [3.8, 4) is 0 Å². The van der Waals surface area contributed by atoms with Crippen LogP contribution in [0.4, 0.5) is 0 Å². The highest BCUT2D eigenvalue weighted by Gasteiger charge is 2.36. The summed E-state index contributed by atoms with van der Waals surface area (Å²) in [5.41, 5.74) is 1.42. The minimum atomic E-state index is -0.649. The van der Waals surface area contributed by atoms with Crippen LogP contribution in [-0.4, -0.2) is 13.1 Å². The van der Waals surface area contributed by atoms with Crippen LogP contribution in [0.25, 0.3) is 0 Å². The lowest BCUT2D eigenvalue weighted by Gasteiger charge is -2.27. The Kier molecular flexibility index (Phi) is 4.90. The number of hydrogen-bond acceptors (Lipinski definition) is 2. The fourth-order valence-electron chi connectivity index (χ4n) is 1.96. The van der Waals surface area contributed by atoms with Crippen LogP contribution in [0.3, 0.4) is 0 Å². The van der Waals surface area contributed by atoms with Gasteiger partial charge in [0.05, 0.1) is 12.5 Å². The van der Waals surface area contributed by atoms with Crippen LogP contribution in [0.15, 0.2) is 54.6 Å². The first-order valence-electron chi connectivity index (χ1n) is 5.96.